The molecule has 0 spiro atoms. The normalized spacial score (nSPS) is 17.1. The fraction of sp³-hybridized carbons (Fsp3) is 0.333. The van der Waals surface area contributed by atoms with Crippen molar-refractivity contribution in [1.29, 1.82) is 0 Å². The summed E-state index contributed by atoms with van der Waals surface area (Å²) in [5.41, 5.74) is 1.79. The number of fused-ring (bicyclic) bond motifs is 1. The van der Waals surface area contributed by atoms with Crippen molar-refractivity contribution in [2.45, 2.75) is 30.1 Å². The average molecular weight is 433 g/mol. The summed E-state index contributed by atoms with van der Waals surface area (Å²) in [6.07, 6.45) is 2.82. The van der Waals surface area contributed by atoms with Gasteiger partial charge >= 0.3 is 0 Å². The summed E-state index contributed by atoms with van der Waals surface area (Å²) < 4.78 is 42.1. The molecule has 3 heterocycles. The molecule has 0 bridgehead atoms. The zero-order valence-corrected chi connectivity index (χ0v) is 18.3. The first-order chi connectivity index (χ1) is 14.0. The van der Waals surface area contributed by atoms with Gasteiger partial charge in [-0.05, 0) is 48.4 Å². The van der Waals surface area contributed by atoms with Crippen LogP contribution in [0.3, 0.4) is 0 Å². The molecule has 0 saturated carbocycles. The van der Waals surface area contributed by atoms with Crippen LogP contribution >= 0.6 is 11.3 Å². The summed E-state index contributed by atoms with van der Waals surface area (Å²) >= 11 is 1.35. The van der Waals surface area contributed by atoms with Crippen molar-refractivity contribution in [2.24, 2.45) is 0 Å². The quantitative estimate of drug-likeness (QED) is 0.592. The number of nitrogens with zero attached hydrogens (tertiary/aromatic N) is 2. The molecule has 0 amide bonds. The molecule has 1 aliphatic heterocycles. The third-order valence-corrected chi connectivity index (χ3v) is 8.83. The van der Waals surface area contributed by atoms with Gasteiger partial charge in [-0.3, -0.25) is 0 Å². The number of hydrogen-bond acceptors (Lipinski definition) is 5. The topological polar surface area (TPSA) is 60.8 Å². The molecule has 0 fully saturated rings. The maximum absolute atomic E-state index is 13.6. The van der Waals surface area contributed by atoms with Gasteiger partial charge in [0.2, 0.25) is 0 Å². The number of methoxy groups -OCH3 is 2. The standard InChI is InChI=1S/C21H24N2O4S2/c1-4-16-8-10-20(28-16)29(24,25)23-13-12-22-11-5-6-17(22)21(23)15-7-9-18(26-2)19(14-15)27-3/h5-11,14,21H,4,12-13H2,1-3H3. The van der Waals surface area contributed by atoms with Crippen molar-refractivity contribution in [3.8, 4) is 11.5 Å². The van der Waals surface area contributed by atoms with E-state index in [1.165, 1.54) is 11.3 Å². The first-order valence-electron chi connectivity index (χ1n) is 9.47. The monoisotopic (exact) mass is 432 g/mol. The Kier molecular flexibility index (Phi) is 5.42. The summed E-state index contributed by atoms with van der Waals surface area (Å²) in [5, 5.41) is 0. The maximum Gasteiger partial charge on any atom is 0.253 e. The Balaban J connectivity index is 1.84. The van der Waals surface area contributed by atoms with Gasteiger partial charge in [0.05, 0.1) is 20.3 Å². The fourth-order valence-electron chi connectivity index (χ4n) is 3.78. The highest BCUT2D eigenvalue weighted by molar-refractivity contribution is 7.91. The number of ether oxygens (including phenoxy) is 2. The van der Waals surface area contributed by atoms with E-state index in [-0.39, 0.29) is 0 Å². The van der Waals surface area contributed by atoms with Crippen LogP contribution in [0.5, 0.6) is 11.5 Å². The van der Waals surface area contributed by atoms with Gasteiger partial charge in [-0.15, -0.1) is 11.3 Å². The molecule has 0 aliphatic carbocycles. The van der Waals surface area contributed by atoms with E-state index >= 15 is 0 Å². The van der Waals surface area contributed by atoms with Crippen LogP contribution in [-0.4, -0.2) is 38.1 Å². The second-order valence-corrected chi connectivity index (χ2v) is 10.1. The predicted molar refractivity (Wildman–Crippen MR) is 113 cm³/mol. The van der Waals surface area contributed by atoms with Crippen LogP contribution in [0.4, 0.5) is 0 Å². The van der Waals surface area contributed by atoms with Crippen LogP contribution < -0.4 is 9.47 Å². The average Bonchev–Trinajstić information content (AvgIpc) is 3.42. The minimum Gasteiger partial charge on any atom is -0.493 e. The highest BCUT2D eigenvalue weighted by Gasteiger charge is 2.38. The molecule has 3 aromatic rings. The largest absolute Gasteiger partial charge is 0.493 e. The Bertz CT molecular complexity index is 1120. The Hall–Kier alpha value is -2.29. The van der Waals surface area contributed by atoms with Gasteiger partial charge in [-0.25, -0.2) is 8.42 Å². The van der Waals surface area contributed by atoms with E-state index in [2.05, 4.69) is 4.57 Å². The molecule has 1 aliphatic rings. The summed E-state index contributed by atoms with van der Waals surface area (Å²) in [7, 11) is -0.472. The third-order valence-electron chi connectivity index (χ3n) is 5.27. The molecular weight excluding hydrogens is 408 g/mol. The highest BCUT2D eigenvalue weighted by Crippen LogP contribution is 2.40. The van der Waals surface area contributed by atoms with Crippen molar-refractivity contribution in [1.82, 2.24) is 8.87 Å². The van der Waals surface area contributed by atoms with Gasteiger partial charge in [0.25, 0.3) is 10.0 Å². The zero-order chi connectivity index (χ0) is 20.6. The van der Waals surface area contributed by atoms with Crippen LogP contribution in [0, 0.1) is 0 Å². The number of hydrogen-bond donors (Lipinski definition) is 0. The summed E-state index contributed by atoms with van der Waals surface area (Å²) in [4.78, 5) is 1.06. The molecule has 0 saturated heterocycles. The van der Waals surface area contributed by atoms with Crippen molar-refractivity contribution in [2.75, 3.05) is 20.8 Å². The minimum atomic E-state index is -3.64. The first-order valence-corrected chi connectivity index (χ1v) is 11.7. The Morgan fingerprint density at radius 2 is 1.86 bits per heavy atom. The highest BCUT2D eigenvalue weighted by atomic mass is 32.2. The lowest BCUT2D eigenvalue weighted by Gasteiger charge is -2.36. The summed E-state index contributed by atoms with van der Waals surface area (Å²) in [5.74, 6) is 1.19. The van der Waals surface area contributed by atoms with Gasteiger partial charge in [0.1, 0.15) is 4.21 Å². The molecule has 6 nitrogen and oxygen atoms in total. The van der Waals surface area contributed by atoms with E-state index in [9.17, 15) is 8.42 Å². The summed E-state index contributed by atoms with van der Waals surface area (Å²) in [6.45, 7) is 3.06. The van der Waals surface area contributed by atoms with Crippen molar-refractivity contribution in [3.05, 3.63) is 64.8 Å². The molecule has 4 rings (SSSR count). The third kappa shape index (κ3) is 3.45. The van der Waals surface area contributed by atoms with Crippen LogP contribution in [-0.2, 0) is 23.0 Å². The smallest absolute Gasteiger partial charge is 0.253 e. The lowest BCUT2D eigenvalue weighted by Crippen LogP contribution is -2.42. The predicted octanol–water partition coefficient (Wildman–Crippen LogP) is 3.92. The van der Waals surface area contributed by atoms with Crippen molar-refractivity contribution >= 4 is 21.4 Å². The van der Waals surface area contributed by atoms with Gasteiger partial charge < -0.3 is 14.0 Å². The van der Waals surface area contributed by atoms with Crippen molar-refractivity contribution < 1.29 is 17.9 Å². The molecular formula is C21H24N2O4S2. The maximum atomic E-state index is 13.6. The van der Waals surface area contributed by atoms with E-state index in [4.69, 9.17) is 9.47 Å². The van der Waals surface area contributed by atoms with Gasteiger partial charge in [0.15, 0.2) is 11.5 Å². The molecule has 1 atom stereocenters. The van der Waals surface area contributed by atoms with Gasteiger partial charge in [-0.2, -0.15) is 4.31 Å². The number of thiophene rings is 1. The van der Waals surface area contributed by atoms with Crippen molar-refractivity contribution in [3.63, 3.8) is 0 Å². The van der Waals surface area contributed by atoms with E-state index in [1.54, 1.807) is 24.6 Å². The molecule has 154 valence electrons. The fourth-order valence-corrected chi connectivity index (χ4v) is 6.79. The Morgan fingerprint density at radius 3 is 2.55 bits per heavy atom. The minimum absolute atomic E-state index is 0.389. The van der Waals surface area contributed by atoms with E-state index < -0.39 is 16.1 Å². The van der Waals surface area contributed by atoms with Gasteiger partial charge in [-0.1, -0.05) is 13.0 Å². The molecule has 8 heteroatoms. The molecule has 1 unspecified atom stereocenters. The van der Waals surface area contributed by atoms with Crippen LogP contribution in [0.2, 0.25) is 0 Å². The molecule has 29 heavy (non-hydrogen) atoms. The number of benzene rings is 1. The lowest BCUT2D eigenvalue weighted by atomic mass is 10.0. The van der Waals surface area contributed by atoms with E-state index in [0.29, 0.717) is 28.8 Å². The second kappa shape index (κ2) is 7.85. The Morgan fingerprint density at radius 1 is 1.07 bits per heavy atom. The number of rotatable bonds is 6. The molecule has 0 radical (unpaired) electrons. The van der Waals surface area contributed by atoms with Crippen LogP contribution in [0.1, 0.15) is 29.1 Å². The number of sulfonamides is 1. The van der Waals surface area contributed by atoms with E-state index in [1.807, 2.05) is 49.5 Å². The Labute approximate surface area is 175 Å². The number of aryl methyl sites for hydroxylation is 1. The molecule has 0 N–H and O–H groups in total. The molecule has 1 aromatic carbocycles. The molecule has 2 aromatic heterocycles. The van der Waals surface area contributed by atoms with Crippen LogP contribution in [0.15, 0.2) is 52.9 Å². The zero-order valence-electron chi connectivity index (χ0n) is 16.7. The van der Waals surface area contributed by atoms with E-state index in [0.717, 1.165) is 22.6 Å². The first kappa shape index (κ1) is 20.0. The van der Waals surface area contributed by atoms with Gasteiger partial charge in [0, 0.05) is 29.9 Å². The number of aromatic nitrogens is 1. The lowest BCUT2D eigenvalue weighted by molar-refractivity contribution is 0.297. The SMILES string of the molecule is CCc1ccc(S(=O)(=O)N2CCn3cccc3C2c2ccc(OC)c(OC)c2)s1. The van der Waals surface area contributed by atoms with Crippen LogP contribution in [0.25, 0.3) is 0 Å². The summed E-state index contributed by atoms with van der Waals surface area (Å²) in [6, 6.07) is 12.7. The second-order valence-electron chi connectivity index (χ2n) is 6.83.